The fourth-order valence-electron chi connectivity index (χ4n) is 0.945. The summed E-state index contributed by atoms with van der Waals surface area (Å²) in [7, 11) is 1.55. The second-order valence-corrected chi connectivity index (χ2v) is 2.74. The Kier molecular flexibility index (Phi) is 3.47. The molecule has 0 unspecified atom stereocenters. The first-order valence-corrected chi connectivity index (χ1v) is 4.23. The van der Waals surface area contributed by atoms with Gasteiger partial charge in [0.2, 0.25) is 0 Å². The number of benzene rings is 1. The van der Waals surface area contributed by atoms with Crippen LogP contribution in [0.2, 0.25) is 0 Å². The minimum atomic E-state index is -0.336. The van der Waals surface area contributed by atoms with Crippen molar-refractivity contribution >= 4 is 11.5 Å². The average molecular weight is 201 g/mol. The van der Waals surface area contributed by atoms with Crippen LogP contribution in [0.25, 0.3) is 0 Å². The van der Waals surface area contributed by atoms with Crippen LogP contribution in [-0.4, -0.2) is 18.7 Å². The highest BCUT2D eigenvalue weighted by molar-refractivity contribution is 6.45. The number of nitrogens with two attached hydrogens (primary N) is 1. The predicted octanol–water partition coefficient (Wildman–Crippen LogP) is 1.00. The van der Waals surface area contributed by atoms with E-state index < -0.39 is 0 Å². The molecule has 0 aliphatic carbocycles. The summed E-state index contributed by atoms with van der Waals surface area (Å²) in [5, 5.41) is 14.2. The second kappa shape index (κ2) is 4.82. The van der Waals surface area contributed by atoms with Gasteiger partial charge in [-0.2, -0.15) is 0 Å². The van der Waals surface area contributed by atoms with E-state index >= 15 is 0 Å². The van der Waals surface area contributed by atoms with Crippen molar-refractivity contribution in [2.75, 3.05) is 7.11 Å². The van der Waals surface area contributed by atoms with E-state index in [9.17, 15) is 0 Å². The fraction of sp³-hybridized carbons (Fsp3) is 0.0909. The Labute approximate surface area is 88.1 Å². The Morgan fingerprint density at radius 3 is 2.60 bits per heavy atom. The summed E-state index contributed by atoms with van der Waals surface area (Å²) in [5.41, 5.74) is 5.57. The Morgan fingerprint density at radius 2 is 2.00 bits per heavy atom. The van der Waals surface area contributed by atoms with Gasteiger partial charge in [-0.1, -0.05) is 18.1 Å². The Bertz CT molecular complexity index is 454. The molecule has 1 aromatic carbocycles. The molecule has 0 saturated heterocycles. The lowest BCUT2D eigenvalue weighted by molar-refractivity contribution is 0.413. The van der Waals surface area contributed by atoms with Crippen molar-refractivity contribution < 1.29 is 4.74 Å². The van der Waals surface area contributed by atoms with Gasteiger partial charge >= 0.3 is 0 Å². The van der Waals surface area contributed by atoms with Crippen LogP contribution in [0.4, 0.5) is 0 Å². The molecule has 0 radical (unpaired) electrons. The number of rotatable bonds is 2. The number of ether oxygens (including phenoxy) is 1. The molecule has 0 aliphatic rings. The molecule has 0 bridgehead atoms. The third-order valence-electron chi connectivity index (χ3n) is 1.70. The van der Waals surface area contributed by atoms with E-state index in [0.717, 1.165) is 0 Å². The topological polar surface area (TPSA) is 83.0 Å². The highest BCUT2D eigenvalue weighted by atomic mass is 16.5. The zero-order valence-corrected chi connectivity index (χ0v) is 8.29. The SMILES string of the molecule is COc1ccccc1C#CC(=N)C(=N)N. The van der Waals surface area contributed by atoms with Crippen molar-refractivity contribution in [3.63, 3.8) is 0 Å². The molecular formula is C11H11N3O. The summed E-state index contributed by atoms with van der Waals surface area (Å²) in [4.78, 5) is 0. The first-order valence-electron chi connectivity index (χ1n) is 4.23. The van der Waals surface area contributed by atoms with Gasteiger partial charge < -0.3 is 10.5 Å². The Hall–Kier alpha value is -2.28. The monoisotopic (exact) mass is 201 g/mol. The molecule has 4 heteroatoms. The average Bonchev–Trinajstić information content (AvgIpc) is 2.26. The summed E-state index contributed by atoms with van der Waals surface area (Å²) >= 11 is 0. The van der Waals surface area contributed by atoms with Gasteiger partial charge in [0, 0.05) is 0 Å². The van der Waals surface area contributed by atoms with Crippen molar-refractivity contribution in [3.05, 3.63) is 29.8 Å². The first-order chi connectivity index (χ1) is 7.15. The van der Waals surface area contributed by atoms with E-state index in [2.05, 4.69) is 11.8 Å². The van der Waals surface area contributed by atoms with E-state index in [4.69, 9.17) is 21.3 Å². The Morgan fingerprint density at radius 1 is 1.33 bits per heavy atom. The lowest BCUT2D eigenvalue weighted by Gasteiger charge is -2.00. The molecular weight excluding hydrogens is 190 g/mol. The minimum Gasteiger partial charge on any atom is -0.495 e. The molecule has 0 saturated carbocycles. The molecule has 0 atom stereocenters. The van der Waals surface area contributed by atoms with Crippen LogP contribution in [-0.2, 0) is 0 Å². The number of para-hydroxylation sites is 1. The molecule has 0 amide bonds. The lowest BCUT2D eigenvalue weighted by atomic mass is 10.2. The van der Waals surface area contributed by atoms with Gasteiger partial charge in [-0.3, -0.25) is 10.8 Å². The van der Waals surface area contributed by atoms with Gasteiger partial charge in [0.25, 0.3) is 0 Å². The van der Waals surface area contributed by atoms with Crippen molar-refractivity contribution in [2.45, 2.75) is 0 Å². The zero-order chi connectivity index (χ0) is 11.3. The molecule has 0 aliphatic heterocycles. The quantitative estimate of drug-likeness (QED) is 0.379. The second-order valence-electron chi connectivity index (χ2n) is 2.74. The number of methoxy groups -OCH3 is 1. The van der Waals surface area contributed by atoms with Crippen molar-refractivity contribution in [1.29, 1.82) is 10.8 Å². The zero-order valence-electron chi connectivity index (χ0n) is 8.29. The highest BCUT2D eigenvalue weighted by Gasteiger charge is 1.98. The van der Waals surface area contributed by atoms with Crippen LogP contribution < -0.4 is 10.5 Å². The first kappa shape index (κ1) is 10.8. The molecule has 0 heterocycles. The minimum absolute atomic E-state index is 0.194. The maximum Gasteiger partial charge on any atom is 0.149 e. The van der Waals surface area contributed by atoms with Crippen LogP contribution in [0.3, 0.4) is 0 Å². The maximum atomic E-state index is 7.26. The van der Waals surface area contributed by atoms with Crippen LogP contribution in [0.15, 0.2) is 24.3 Å². The van der Waals surface area contributed by atoms with Crippen LogP contribution in [0, 0.1) is 22.7 Å². The van der Waals surface area contributed by atoms with Crippen LogP contribution in [0.5, 0.6) is 5.75 Å². The summed E-state index contributed by atoms with van der Waals surface area (Å²) < 4.78 is 5.08. The van der Waals surface area contributed by atoms with Gasteiger partial charge in [0.1, 0.15) is 17.3 Å². The van der Waals surface area contributed by atoms with E-state index in [1.54, 1.807) is 19.2 Å². The summed E-state index contributed by atoms with van der Waals surface area (Å²) in [6.45, 7) is 0. The summed E-state index contributed by atoms with van der Waals surface area (Å²) in [6, 6.07) is 7.21. The fourth-order valence-corrected chi connectivity index (χ4v) is 0.945. The van der Waals surface area contributed by atoms with E-state index in [1.807, 2.05) is 12.1 Å². The van der Waals surface area contributed by atoms with Crippen LogP contribution >= 0.6 is 0 Å². The lowest BCUT2D eigenvalue weighted by Crippen LogP contribution is -2.19. The molecule has 0 spiro atoms. The molecule has 0 fully saturated rings. The van der Waals surface area contributed by atoms with Gasteiger partial charge in [-0.15, -0.1) is 0 Å². The number of hydrogen-bond donors (Lipinski definition) is 3. The van der Waals surface area contributed by atoms with Gasteiger partial charge in [0.05, 0.1) is 12.7 Å². The van der Waals surface area contributed by atoms with Crippen molar-refractivity contribution in [3.8, 4) is 17.6 Å². The third-order valence-corrected chi connectivity index (χ3v) is 1.70. The predicted molar refractivity (Wildman–Crippen MR) is 59.5 cm³/mol. The van der Waals surface area contributed by atoms with Gasteiger partial charge in [-0.05, 0) is 18.1 Å². The molecule has 4 nitrogen and oxygen atoms in total. The van der Waals surface area contributed by atoms with Gasteiger partial charge in [0.15, 0.2) is 0 Å². The van der Waals surface area contributed by atoms with Gasteiger partial charge in [-0.25, -0.2) is 0 Å². The highest BCUT2D eigenvalue weighted by Crippen LogP contribution is 2.15. The molecule has 0 aromatic heterocycles. The molecule has 15 heavy (non-hydrogen) atoms. The normalized spacial score (nSPS) is 8.60. The Balaban J connectivity index is 2.98. The maximum absolute atomic E-state index is 7.26. The molecule has 76 valence electrons. The largest absolute Gasteiger partial charge is 0.495 e. The third kappa shape index (κ3) is 2.85. The molecule has 1 aromatic rings. The molecule has 4 N–H and O–H groups in total. The number of hydrogen-bond acceptors (Lipinski definition) is 3. The van der Waals surface area contributed by atoms with E-state index in [0.29, 0.717) is 11.3 Å². The van der Waals surface area contributed by atoms with E-state index in [1.165, 1.54) is 0 Å². The van der Waals surface area contributed by atoms with E-state index in [-0.39, 0.29) is 11.5 Å². The number of nitrogens with one attached hydrogen (secondary N) is 2. The van der Waals surface area contributed by atoms with Crippen LogP contribution in [0.1, 0.15) is 5.56 Å². The summed E-state index contributed by atoms with van der Waals surface area (Å²) in [5.74, 6) is 5.51. The smallest absolute Gasteiger partial charge is 0.149 e. The molecule has 1 rings (SSSR count). The summed E-state index contributed by atoms with van der Waals surface area (Å²) in [6.07, 6.45) is 0. The van der Waals surface area contributed by atoms with Crippen molar-refractivity contribution in [2.24, 2.45) is 5.73 Å². The number of amidine groups is 1. The standard InChI is InChI=1S/C11H11N3O/c1-15-10-5-3-2-4-8(10)6-7-9(12)11(13)14/h2-5,12H,1H3,(H3,13,14). The van der Waals surface area contributed by atoms with Crippen molar-refractivity contribution in [1.82, 2.24) is 0 Å².